The number of rotatable bonds is 3. The molecule has 0 bridgehead atoms. The van der Waals surface area contributed by atoms with E-state index in [1.165, 1.54) is 44.1 Å². The van der Waals surface area contributed by atoms with E-state index >= 15 is 0 Å². The highest BCUT2D eigenvalue weighted by atomic mass is 14.6. The summed E-state index contributed by atoms with van der Waals surface area (Å²) in [4.78, 5) is 0. The monoisotopic (exact) mass is 260 g/mol. The van der Waals surface area contributed by atoms with E-state index in [2.05, 4.69) is 47.3 Å². The summed E-state index contributed by atoms with van der Waals surface area (Å²) in [5.41, 5.74) is 3.98. The Morgan fingerprint density at radius 1 is 1.37 bits per heavy atom. The van der Waals surface area contributed by atoms with E-state index < -0.39 is 0 Å². The summed E-state index contributed by atoms with van der Waals surface area (Å²) >= 11 is 0. The Bertz CT molecular complexity index is 389. The van der Waals surface area contributed by atoms with Crippen molar-refractivity contribution < 1.29 is 0 Å². The molecule has 108 valence electrons. The molecule has 0 heterocycles. The maximum Gasteiger partial charge on any atom is -0.00854 e. The van der Waals surface area contributed by atoms with Crippen molar-refractivity contribution in [3.05, 3.63) is 23.8 Å². The molecule has 0 heteroatoms. The smallest absolute Gasteiger partial charge is 0.00854 e. The number of hydrogen-bond acceptors (Lipinski definition) is 0. The van der Waals surface area contributed by atoms with Crippen LogP contribution in [0.4, 0.5) is 0 Å². The number of hydrogen-bond donors (Lipinski definition) is 0. The quantitative estimate of drug-likeness (QED) is 0.534. The molecule has 0 amide bonds. The van der Waals surface area contributed by atoms with Gasteiger partial charge in [-0.3, -0.25) is 0 Å². The van der Waals surface area contributed by atoms with Gasteiger partial charge in [0.05, 0.1) is 0 Å². The van der Waals surface area contributed by atoms with Crippen molar-refractivity contribution in [2.24, 2.45) is 22.7 Å². The standard InChI is InChI=1S/C19H32/c1-14(2)10-12-18(5)16(4)11-13-19(6)15(3)8-7-9-17(18)19/h8,16-17H,1,7,9-13H2,2-6H3/t16-,17-,18+,19+/m1/s1. The fraction of sp³-hybridized carbons (Fsp3) is 0.789. The molecule has 0 N–H and O–H groups in total. The number of fused-ring (bicyclic) bond motifs is 1. The average molecular weight is 260 g/mol. The first kappa shape index (κ1) is 14.9. The molecule has 1 fully saturated rings. The second-order valence-corrected chi connectivity index (χ2v) is 7.84. The van der Waals surface area contributed by atoms with Crippen molar-refractivity contribution >= 4 is 0 Å². The molecule has 0 aromatic heterocycles. The van der Waals surface area contributed by atoms with E-state index in [1.807, 2.05) is 0 Å². The van der Waals surface area contributed by atoms with Crippen LogP contribution in [-0.4, -0.2) is 0 Å². The van der Waals surface area contributed by atoms with Crippen molar-refractivity contribution in [3.8, 4) is 0 Å². The minimum atomic E-state index is 0.467. The van der Waals surface area contributed by atoms with E-state index in [9.17, 15) is 0 Å². The van der Waals surface area contributed by atoms with Crippen molar-refractivity contribution in [1.29, 1.82) is 0 Å². The van der Waals surface area contributed by atoms with Gasteiger partial charge in [0.1, 0.15) is 0 Å². The van der Waals surface area contributed by atoms with Gasteiger partial charge in [0.2, 0.25) is 0 Å². The van der Waals surface area contributed by atoms with E-state index in [1.54, 1.807) is 5.57 Å². The normalized spacial score (nSPS) is 42.5. The lowest BCUT2D eigenvalue weighted by Gasteiger charge is -2.58. The largest absolute Gasteiger partial charge is 0.100 e. The van der Waals surface area contributed by atoms with Gasteiger partial charge in [-0.1, -0.05) is 38.0 Å². The molecule has 19 heavy (non-hydrogen) atoms. The SMILES string of the molecule is C=C(C)CC[C@@]1(C)[C@H](C)CC[C@@]2(C)C(C)=CCC[C@H]12. The van der Waals surface area contributed by atoms with Crippen molar-refractivity contribution in [1.82, 2.24) is 0 Å². The molecule has 0 nitrogen and oxygen atoms in total. The van der Waals surface area contributed by atoms with E-state index in [-0.39, 0.29) is 0 Å². The predicted octanol–water partition coefficient (Wildman–Crippen LogP) is 6.14. The molecule has 1 saturated carbocycles. The molecule has 2 rings (SSSR count). The van der Waals surface area contributed by atoms with Gasteiger partial charge in [-0.05, 0) is 75.0 Å². The Balaban J connectivity index is 2.30. The Kier molecular flexibility index (Phi) is 4.00. The second-order valence-electron chi connectivity index (χ2n) is 7.84. The Morgan fingerprint density at radius 3 is 2.68 bits per heavy atom. The van der Waals surface area contributed by atoms with Crippen LogP contribution in [0.2, 0.25) is 0 Å². The van der Waals surface area contributed by atoms with Crippen LogP contribution in [-0.2, 0) is 0 Å². The lowest BCUT2D eigenvalue weighted by Crippen LogP contribution is -2.49. The van der Waals surface area contributed by atoms with Crippen molar-refractivity contribution in [2.45, 2.75) is 73.1 Å². The van der Waals surface area contributed by atoms with Gasteiger partial charge in [0, 0.05) is 0 Å². The third-order valence-corrected chi connectivity index (χ3v) is 6.68. The molecule has 0 aliphatic heterocycles. The molecule has 2 aliphatic rings. The summed E-state index contributed by atoms with van der Waals surface area (Å²) in [5, 5.41) is 0. The maximum absolute atomic E-state index is 4.12. The highest BCUT2D eigenvalue weighted by molar-refractivity contribution is 5.20. The molecular formula is C19H32. The zero-order chi connectivity index (χ0) is 14.3. The van der Waals surface area contributed by atoms with Gasteiger partial charge >= 0.3 is 0 Å². The first-order valence-electron chi connectivity index (χ1n) is 8.12. The topological polar surface area (TPSA) is 0 Å². The van der Waals surface area contributed by atoms with Crippen LogP contribution >= 0.6 is 0 Å². The molecule has 2 aliphatic carbocycles. The maximum atomic E-state index is 4.12. The third-order valence-electron chi connectivity index (χ3n) is 6.68. The predicted molar refractivity (Wildman–Crippen MR) is 85.1 cm³/mol. The van der Waals surface area contributed by atoms with Gasteiger partial charge in [0.25, 0.3) is 0 Å². The lowest BCUT2D eigenvalue weighted by atomic mass is 9.47. The summed E-state index contributed by atoms with van der Waals surface area (Å²) < 4.78 is 0. The third kappa shape index (κ3) is 2.43. The van der Waals surface area contributed by atoms with Crippen LogP contribution in [0.15, 0.2) is 23.8 Å². The van der Waals surface area contributed by atoms with E-state index in [4.69, 9.17) is 0 Å². The Morgan fingerprint density at radius 2 is 2.05 bits per heavy atom. The second kappa shape index (κ2) is 5.11. The molecule has 0 aromatic carbocycles. The molecule has 0 spiro atoms. The fourth-order valence-corrected chi connectivity index (χ4v) is 4.81. The van der Waals surface area contributed by atoms with Crippen LogP contribution in [0.5, 0.6) is 0 Å². The van der Waals surface area contributed by atoms with Crippen molar-refractivity contribution in [3.63, 3.8) is 0 Å². The summed E-state index contributed by atoms with van der Waals surface area (Å²) in [5.74, 6) is 1.73. The molecule has 0 radical (unpaired) electrons. The molecule has 0 unspecified atom stereocenters. The van der Waals surface area contributed by atoms with Gasteiger partial charge < -0.3 is 0 Å². The highest BCUT2D eigenvalue weighted by Gasteiger charge is 2.52. The van der Waals surface area contributed by atoms with Crippen LogP contribution in [0.1, 0.15) is 73.1 Å². The minimum absolute atomic E-state index is 0.467. The van der Waals surface area contributed by atoms with Gasteiger partial charge in [0.15, 0.2) is 0 Å². The first-order valence-corrected chi connectivity index (χ1v) is 8.12. The summed E-state index contributed by atoms with van der Waals surface area (Å²) in [6.45, 7) is 16.3. The first-order chi connectivity index (χ1) is 8.80. The van der Waals surface area contributed by atoms with Crippen molar-refractivity contribution in [2.75, 3.05) is 0 Å². The minimum Gasteiger partial charge on any atom is -0.100 e. The molecule has 0 aromatic rings. The van der Waals surface area contributed by atoms with E-state index in [0.717, 1.165) is 11.8 Å². The Hall–Kier alpha value is -0.520. The Labute approximate surface area is 120 Å². The summed E-state index contributed by atoms with van der Waals surface area (Å²) in [7, 11) is 0. The summed E-state index contributed by atoms with van der Waals surface area (Å²) in [6.07, 6.45) is 10.5. The highest BCUT2D eigenvalue weighted by Crippen LogP contribution is 2.61. The average Bonchev–Trinajstić information content (AvgIpc) is 2.35. The van der Waals surface area contributed by atoms with E-state index in [0.29, 0.717) is 10.8 Å². The lowest BCUT2D eigenvalue weighted by molar-refractivity contribution is -0.0466. The van der Waals surface area contributed by atoms with Gasteiger partial charge in [-0.2, -0.15) is 0 Å². The number of allylic oxidation sites excluding steroid dienone is 3. The zero-order valence-corrected chi connectivity index (χ0v) is 13.7. The molecule has 4 atom stereocenters. The van der Waals surface area contributed by atoms with Crippen LogP contribution in [0.25, 0.3) is 0 Å². The zero-order valence-electron chi connectivity index (χ0n) is 13.7. The van der Waals surface area contributed by atoms with Gasteiger partial charge in [-0.15, -0.1) is 6.58 Å². The summed E-state index contributed by atoms with van der Waals surface area (Å²) in [6, 6.07) is 0. The fourth-order valence-electron chi connectivity index (χ4n) is 4.81. The van der Waals surface area contributed by atoms with Crippen LogP contribution in [0.3, 0.4) is 0 Å². The molecule has 0 saturated heterocycles. The van der Waals surface area contributed by atoms with Gasteiger partial charge in [-0.25, -0.2) is 0 Å². The van der Waals surface area contributed by atoms with Crippen LogP contribution < -0.4 is 0 Å². The van der Waals surface area contributed by atoms with Crippen LogP contribution in [0, 0.1) is 22.7 Å². The molecular weight excluding hydrogens is 228 g/mol.